The van der Waals surface area contributed by atoms with Crippen molar-refractivity contribution >= 4 is 17.5 Å². The highest BCUT2D eigenvalue weighted by Crippen LogP contribution is 2.29. The summed E-state index contributed by atoms with van der Waals surface area (Å²) in [5.41, 5.74) is 4.79. The third kappa shape index (κ3) is 3.04. The molecule has 0 saturated heterocycles. The lowest BCUT2D eigenvalue weighted by atomic mass is 10.00. The molecule has 0 spiro atoms. The van der Waals surface area contributed by atoms with E-state index in [-0.39, 0.29) is 11.8 Å². The fourth-order valence-corrected chi connectivity index (χ4v) is 3.88. The molecule has 1 saturated carbocycles. The number of fused-ring (bicyclic) bond motifs is 1. The van der Waals surface area contributed by atoms with Crippen LogP contribution >= 0.6 is 0 Å². The number of anilines is 1. The number of rotatable bonds is 3. The first-order valence-electron chi connectivity index (χ1n) is 8.92. The van der Waals surface area contributed by atoms with Gasteiger partial charge in [0.25, 0.3) is 5.91 Å². The van der Waals surface area contributed by atoms with Crippen LogP contribution in [0.5, 0.6) is 0 Å². The quantitative estimate of drug-likeness (QED) is 0.926. The maximum Gasteiger partial charge on any atom is 0.253 e. The molecule has 2 aromatic carbocycles. The largest absolute Gasteiger partial charge is 0.339 e. The van der Waals surface area contributed by atoms with Crippen molar-refractivity contribution in [3.8, 4) is 11.1 Å². The van der Waals surface area contributed by atoms with E-state index < -0.39 is 0 Å². The number of nitrogens with one attached hydrogen (secondary N) is 1. The first-order valence-corrected chi connectivity index (χ1v) is 8.92. The van der Waals surface area contributed by atoms with Crippen LogP contribution in [0.1, 0.15) is 41.6 Å². The highest BCUT2D eigenvalue weighted by molar-refractivity contribution is 6.00. The molecule has 0 bridgehead atoms. The van der Waals surface area contributed by atoms with Crippen LogP contribution in [0, 0.1) is 0 Å². The second-order valence-corrected chi connectivity index (χ2v) is 7.03. The van der Waals surface area contributed by atoms with Crippen molar-refractivity contribution in [3.63, 3.8) is 0 Å². The Morgan fingerprint density at radius 1 is 1.04 bits per heavy atom. The van der Waals surface area contributed by atoms with E-state index in [1.54, 1.807) is 0 Å². The number of nitrogens with zero attached hydrogens (tertiary/aromatic N) is 1. The van der Waals surface area contributed by atoms with Gasteiger partial charge in [0.15, 0.2) is 0 Å². The Morgan fingerprint density at radius 2 is 1.72 bits per heavy atom. The smallest absolute Gasteiger partial charge is 0.253 e. The van der Waals surface area contributed by atoms with Gasteiger partial charge in [-0.1, -0.05) is 31.0 Å². The summed E-state index contributed by atoms with van der Waals surface area (Å²) < 4.78 is 0. The highest BCUT2D eigenvalue weighted by atomic mass is 16.2. The molecule has 25 heavy (non-hydrogen) atoms. The summed E-state index contributed by atoms with van der Waals surface area (Å²) in [6.45, 7) is 0. The zero-order chi connectivity index (χ0) is 17.4. The number of hydrogen-bond acceptors (Lipinski definition) is 2. The Morgan fingerprint density at radius 3 is 2.44 bits per heavy atom. The first-order chi connectivity index (χ1) is 12.1. The van der Waals surface area contributed by atoms with E-state index in [2.05, 4.69) is 11.4 Å². The molecule has 1 aliphatic carbocycles. The summed E-state index contributed by atoms with van der Waals surface area (Å²) in [5.74, 6) is 0.144. The van der Waals surface area contributed by atoms with Crippen molar-refractivity contribution in [1.82, 2.24) is 4.90 Å². The Kier molecular flexibility index (Phi) is 4.04. The Bertz CT molecular complexity index is 820. The van der Waals surface area contributed by atoms with Crippen LogP contribution in [-0.2, 0) is 11.2 Å². The van der Waals surface area contributed by atoms with Crippen LogP contribution in [0.2, 0.25) is 0 Å². The third-order valence-corrected chi connectivity index (χ3v) is 5.39. The van der Waals surface area contributed by atoms with Gasteiger partial charge in [0.1, 0.15) is 0 Å². The second kappa shape index (κ2) is 6.36. The number of benzene rings is 2. The van der Waals surface area contributed by atoms with Gasteiger partial charge in [-0.25, -0.2) is 0 Å². The SMILES string of the molecule is CN(C(=O)c1ccc(-c2ccc3c(c2)CC(=O)N3)cc1)C1CCCC1. The molecular weight excluding hydrogens is 312 g/mol. The van der Waals surface area contributed by atoms with Crippen LogP contribution in [-0.4, -0.2) is 29.8 Å². The summed E-state index contributed by atoms with van der Waals surface area (Å²) in [4.78, 5) is 26.0. The number of amides is 2. The van der Waals surface area contributed by atoms with Crippen molar-refractivity contribution in [3.05, 3.63) is 53.6 Å². The molecule has 2 amide bonds. The molecule has 4 nitrogen and oxygen atoms in total. The van der Waals surface area contributed by atoms with Crippen molar-refractivity contribution in [2.45, 2.75) is 38.1 Å². The van der Waals surface area contributed by atoms with E-state index in [1.807, 2.05) is 48.3 Å². The predicted octanol–water partition coefficient (Wildman–Crippen LogP) is 3.86. The van der Waals surface area contributed by atoms with E-state index in [4.69, 9.17) is 0 Å². The molecular formula is C21H22N2O2. The summed E-state index contributed by atoms with van der Waals surface area (Å²) in [6.07, 6.45) is 5.10. The first kappa shape index (κ1) is 15.9. The Balaban J connectivity index is 1.53. The fourth-order valence-electron chi connectivity index (χ4n) is 3.88. The minimum absolute atomic E-state index is 0.0445. The maximum absolute atomic E-state index is 12.6. The molecule has 1 aliphatic heterocycles. The van der Waals surface area contributed by atoms with Gasteiger partial charge < -0.3 is 10.2 Å². The van der Waals surface area contributed by atoms with E-state index in [1.165, 1.54) is 12.8 Å². The minimum atomic E-state index is 0.0445. The molecule has 0 unspecified atom stereocenters. The molecule has 1 heterocycles. The molecule has 0 aromatic heterocycles. The zero-order valence-electron chi connectivity index (χ0n) is 14.4. The van der Waals surface area contributed by atoms with Crippen molar-refractivity contribution in [2.75, 3.05) is 12.4 Å². The van der Waals surface area contributed by atoms with Gasteiger partial charge in [0.05, 0.1) is 6.42 Å². The lowest BCUT2D eigenvalue weighted by Gasteiger charge is -2.24. The van der Waals surface area contributed by atoms with Crippen molar-refractivity contribution < 1.29 is 9.59 Å². The average Bonchev–Trinajstić information content (AvgIpc) is 3.28. The molecule has 4 rings (SSSR count). The van der Waals surface area contributed by atoms with Gasteiger partial charge in [-0.05, 0) is 53.8 Å². The van der Waals surface area contributed by atoms with Gasteiger partial charge in [-0.3, -0.25) is 9.59 Å². The van der Waals surface area contributed by atoms with Crippen LogP contribution in [0.4, 0.5) is 5.69 Å². The van der Waals surface area contributed by atoms with Crippen LogP contribution in [0.3, 0.4) is 0 Å². The van der Waals surface area contributed by atoms with Gasteiger partial charge in [0, 0.05) is 24.3 Å². The third-order valence-electron chi connectivity index (χ3n) is 5.39. The summed E-state index contributed by atoms with van der Waals surface area (Å²) in [5, 5.41) is 2.85. The van der Waals surface area contributed by atoms with Crippen molar-refractivity contribution in [1.29, 1.82) is 0 Å². The standard InChI is InChI=1S/C21H22N2O2/c1-23(18-4-2-3-5-18)21(25)15-8-6-14(7-9-15)16-10-11-19-17(12-16)13-20(24)22-19/h6-12,18H,2-5,13H2,1H3,(H,22,24). The highest BCUT2D eigenvalue weighted by Gasteiger charge is 2.24. The normalized spacial score (nSPS) is 16.6. The molecule has 0 atom stereocenters. The molecule has 2 aliphatic rings. The Labute approximate surface area is 147 Å². The topological polar surface area (TPSA) is 49.4 Å². The monoisotopic (exact) mass is 334 g/mol. The van der Waals surface area contributed by atoms with Crippen LogP contribution in [0.25, 0.3) is 11.1 Å². The number of hydrogen-bond donors (Lipinski definition) is 1. The van der Waals surface area contributed by atoms with Gasteiger partial charge in [-0.15, -0.1) is 0 Å². The summed E-state index contributed by atoms with van der Waals surface area (Å²) in [6, 6.07) is 14.2. The fraction of sp³-hybridized carbons (Fsp3) is 0.333. The van der Waals surface area contributed by atoms with E-state index in [0.29, 0.717) is 12.5 Å². The summed E-state index contributed by atoms with van der Waals surface area (Å²) >= 11 is 0. The molecule has 128 valence electrons. The lowest BCUT2D eigenvalue weighted by Crippen LogP contribution is -2.35. The summed E-state index contributed by atoms with van der Waals surface area (Å²) in [7, 11) is 1.91. The molecule has 2 aromatic rings. The maximum atomic E-state index is 12.6. The molecule has 1 N–H and O–H groups in total. The number of carbonyl (C=O) groups is 2. The zero-order valence-corrected chi connectivity index (χ0v) is 14.4. The molecule has 4 heteroatoms. The molecule has 1 fully saturated rings. The van der Waals surface area contributed by atoms with E-state index in [9.17, 15) is 9.59 Å². The predicted molar refractivity (Wildman–Crippen MR) is 98.6 cm³/mol. The van der Waals surface area contributed by atoms with Gasteiger partial charge >= 0.3 is 0 Å². The van der Waals surface area contributed by atoms with Crippen LogP contribution in [0.15, 0.2) is 42.5 Å². The van der Waals surface area contributed by atoms with Crippen LogP contribution < -0.4 is 5.32 Å². The van der Waals surface area contributed by atoms with E-state index >= 15 is 0 Å². The Hall–Kier alpha value is -2.62. The second-order valence-electron chi connectivity index (χ2n) is 7.03. The van der Waals surface area contributed by atoms with Gasteiger partial charge in [0.2, 0.25) is 5.91 Å². The average molecular weight is 334 g/mol. The van der Waals surface area contributed by atoms with Crippen molar-refractivity contribution in [2.24, 2.45) is 0 Å². The molecule has 0 radical (unpaired) electrons. The lowest BCUT2D eigenvalue weighted by molar-refractivity contribution is -0.115. The number of carbonyl (C=O) groups excluding carboxylic acids is 2. The minimum Gasteiger partial charge on any atom is -0.339 e. The van der Waals surface area contributed by atoms with E-state index in [0.717, 1.165) is 40.8 Å². The van der Waals surface area contributed by atoms with Gasteiger partial charge in [-0.2, -0.15) is 0 Å².